The van der Waals surface area contributed by atoms with Crippen LogP contribution in [0, 0.1) is 0 Å². The Balaban J connectivity index is 0.00000176. The molecule has 22 heavy (non-hydrogen) atoms. The van der Waals surface area contributed by atoms with Gasteiger partial charge in [-0.2, -0.15) is 0 Å². The highest BCUT2D eigenvalue weighted by molar-refractivity contribution is 8.13. The lowest BCUT2D eigenvalue weighted by Crippen LogP contribution is -3.00. The third-order valence-corrected chi connectivity index (χ3v) is 4.61. The number of benzene rings is 2. The summed E-state index contributed by atoms with van der Waals surface area (Å²) in [6.07, 6.45) is 2.15. The summed E-state index contributed by atoms with van der Waals surface area (Å²) in [5.74, 6) is 0. The van der Waals surface area contributed by atoms with Crippen LogP contribution < -0.4 is 24.0 Å². The van der Waals surface area contributed by atoms with Crippen LogP contribution in [0.5, 0.6) is 0 Å². The summed E-state index contributed by atoms with van der Waals surface area (Å²) in [7, 11) is 0. The van der Waals surface area contributed by atoms with E-state index in [-0.39, 0.29) is 24.0 Å². The summed E-state index contributed by atoms with van der Waals surface area (Å²) >= 11 is 1.82. The zero-order valence-corrected chi connectivity index (χ0v) is 15.6. The number of hydrogen-bond donors (Lipinski definition) is 0. The van der Waals surface area contributed by atoms with Crippen molar-refractivity contribution < 1.29 is 33.3 Å². The number of morpholine rings is 1. The standard InChI is InChI=1S/C18H20NOS.HI/c1-21-18(19-11-13-20-14-12-19)17-9-7-16(8-10-17)15-5-3-2-4-6-15;/h2-10H,11-14H2,1H3;1H/q+1;/p-1. The van der Waals surface area contributed by atoms with Gasteiger partial charge in [-0.05, 0) is 29.5 Å². The molecular formula is C18H20INOS. The van der Waals surface area contributed by atoms with Crippen LogP contribution in [-0.4, -0.2) is 42.2 Å². The van der Waals surface area contributed by atoms with E-state index in [9.17, 15) is 0 Å². The Hall–Kier alpha value is -0.850. The number of halogens is 1. The first kappa shape index (κ1) is 17.5. The van der Waals surface area contributed by atoms with E-state index >= 15 is 0 Å². The van der Waals surface area contributed by atoms with Crippen LogP contribution in [0.25, 0.3) is 11.1 Å². The van der Waals surface area contributed by atoms with E-state index in [1.165, 1.54) is 21.7 Å². The molecule has 0 unspecified atom stereocenters. The van der Waals surface area contributed by atoms with Crippen molar-refractivity contribution in [2.24, 2.45) is 0 Å². The Kier molecular flexibility index (Phi) is 6.92. The van der Waals surface area contributed by atoms with Crippen LogP contribution in [0.15, 0.2) is 54.6 Å². The third-order valence-electron chi connectivity index (χ3n) is 3.73. The monoisotopic (exact) mass is 425 g/mol. The molecule has 0 saturated carbocycles. The number of nitrogens with zero attached hydrogens (tertiary/aromatic N) is 1. The van der Waals surface area contributed by atoms with E-state index in [0.29, 0.717) is 0 Å². The molecule has 0 radical (unpaired) electrons. The predicted molar refractivity (Wildman–Crippen MR) is 90.3 cm³/mol. The Bertz CT molecular complexity index is 617. The second-order valence-electron chi connectivity index (χ2n) is 5.05. The molecule has 0 aliphatic carbocycles. The molecule has 1 saturated heterocycles. The maximum absolute atomic E-state index is 5.44. The fraction of sp³-hybridized carbons (Fsp3) is 0.278. The Morgan fingerprint density at radius 1 is 0.909 bits per heavy atom. The van der Waals surface area contributed by atoms with Crippen molar-refractivity contribution in [2.75, 3.05) is 32.6 Å². The van der Waals surface area contributed by atoms with Crippen LogP contribution in [0.2, 0.25) is 0 Å². The van der Waals surface area contributed by atoms with E-state index in [2.05, 4.69) is 65.4 Å². The van der Waals surface area contributed by atoms with Gasteiger partial charge in [-0.25, -0.2) is 4.58 Å². The minimum Gasteiger partial charge on any atom is -1.00 e. The molecule has 2 aromatic rings. The van der Waals surface area contributed by atoms with Gasteiger partial charge in [0.05, 0.1) is 5.56 Å². The molecule has 116 valence electrons. The smallest absolute Gasteiger partial charge is 0.241 e. The summed E-state index contributed by atoms with van der Waals surface area (Å²) in [6.45, 7) is 3.62. The molecule has 0 spiro atoms. The zero-order valence-electron chi connectivity index (χ0n) is 12.7. The van der Waals surface area contributed by atoms with Crippen molar-refractivity contribution in [3.63, 3.8) is 0 Å². The number of ether oxygens (including phenoxy) is 1. The maximum Gasteiger partial charge on any atom is 0.241 e. The van der Waals surface area contributed by atoms with Gasteiger partial charge in [-0.15, -0.1) is 0 Å². The topological polar surface area (TPSA) is 12.2 Å². The molecule has 3 rings (SSSR count). The Morgan fingerprint density at radius 2 is 1.50 bits per heavy atom. The van der Waals surface area contributed by atoms with Gasteiger partial charge in [0.1, 0.15) is 13.2 Å². The van der Waals surface area contributed by atoms with Crippen LogP contribution >= 0.6 is 11.8 Å². The molecule has 2 aromatic carbocycles. The summed E-state index contributed by atoms with van der Waals surface area (Å²) in [5, 5.41) is 1.35. The zero-order chi connectivity index (χ0) is 14.5. The molecule has 1 heterocycles. The minimum atomic E-state index is 0. The van der Waals surface area contributed by atoms with Crippen molar-refractivity contribution in [2.45, 2.75) is 0 Å². The number of thioether (sulfide) groups is 1. The van der Waals surface area contributed by atoms with E-state index in [1.807, 2.05) is 11.8 Å². The summed E-state index contributed by atoms with van der Waals surface area (Å²) < 4.78 is 7.87. The summed E-state index contributed by atoms with van der Waals surface area (Å²) in [6, 6.07) is 19.4. The van der Waals surface area contributed by atoms with Crippen LogP contribution in [0.3, 0.4) is 0 Å². The van der Waals surface area contributed by atoms with E-state index < -0.39 is 0 Å². The molecule has 1 aliphatic heterocycles. The highest BCUT2D eigenvalue weighted by Gasteiger charge is 2.19. The minimum absolute atomic E-state index is 0. The van der Waals surface area contributed by atoms with Gasteiger partial charge in [0, 0.05) is 0 Å². The third kappa shape index (κ3) is 4.12. The molecular weight excluding hydrogens is 405 g/mol. The first-order valence-electron chi connectivity index (χ1n) is 7.28. The predicted octanol–water partition coefficient (Wildman–Crippen LogP) is 0.510. The molecule has 0 aromatic heterocycles. The van der Waals surface area contributed by atoms with Crippen molar-refractivity contribution in [3.8, 4) is 11.1 Å². The van der Waals surface area contributed by atoms with Crippen molar-refractivity contribution in [1.29, 1.82) is 0 Å². The molecule has 0 amide bonds. The lowest BCUT2D eigenvalue weighted by atomic mass is 10.0. The van der Waals surface area contributed by atoms with E-state index in [1.54, 1.807) is 0 Å². The second kappa shape index (κ2) is 8.70. The van der Waals surface area contributed by atoms with Gasteiger partial charge in [0.15, 0.2) is 13.1 Å². The van der Waals surface area contributed by atoms with E-state index in [0.717, 1.165) is 26.3 Å². The van der Waals surface area contributed by atoms with Crippen molar-refractivity contribution in [3.05, 3.63) is 60.2 Å². The van der Waals surface area contributed by atoms with Gasteiger partial charge in [0.2, 0.25) is 5.04 Å². The largest absolute Gasteiger partial charge is 1.00 e. The fourth-order valence-corrected chi connectivity index (χ4v) is 3.44. The van der Waals surface area contributed by atoms with Crippen LogP contribution in [-0.2, 0) is 4.74 Å². The van der Waals surface area contributed by atoms with Gasteiger partial charge in [-0.3, -0.25) is 0 Å². The average Bonchev–Trinajstić information content (AvgIpc) is 2.58. The van der Waals surface area contributed by atoms with Crippen molar-refractivity contribution in [1.82, 2.24) is 0 Å². The number of rotatable bonds is 2. The fourth-order valence-electron chi connectivity index (χ4n) is 2.63. The van der Waals surface area contributed by atoms with Gasteiger partial charge in [0.25, 0.3) is 0 Å². The van der Waals surface area contributed by atoms with Gasteiger partial charge in [-0.1, -0.05) is 54.2 Å². The Labute approximate surface area is 153 Å². The van der Waals surface area contributed by atoms with Crippen LogP contribution in [0.4, 0.5) is 0 Å². The Morgan fingerprint density at radius 3 is 2.09 bits per heavy atom. The molecule has 1 fully saturated rings. The second-order valence-corrected chi connectivity index (χ2v) is 5.85. The molecule has 0 N–H and O–H groups in total. The summed E-state index contributed by atoms with van der Waals surface area (Å²) in [4.78, 5) is 0. The quantitative estimate of drug-likeness (QED) is 0.395. The molecule has 4 heteroatoms. The van der Waals surface area contributed by atoms with Crippen LogP contribution in [0.1, 0.15) is 5.56 Å². The highest BCUT2D eigenvalue weighted by Crippen LogP contribution is 2.21. The molecule has 2 nitrogen and oxygen atoms in total. The average molecular weight is 425 g/mol. The first-order valence-corrected chi connectivity index (χ1v) is 8.50. The van der Waals surface area contributed by atoms with Gasteiger partial charge < -0.3 is 28.7 Å². The highest BCUT2D eigenvalue weighted by atomic mass is 127. The SMILES string of the molecule is CSC(c1ccc(-c2ccccc2)cc1)=[N+]1CCOCC1.[I-]. The summed E-state index contributed by atoms with van der Waals surface area (Å²) in [5.41, 5.74) is 3.83. The molecule has 1 aliphatic rings. The molecule has 0 atom stereocenters. The first-order chi connectivity index (χ1) is 10.4. The normalized spacial score (nSPS) is 14.3. The van der Waals surface area contributed by atoms with Gasteiger partial charge >= 0.3 is 0 Å². The lowest BCUT2D eigenvalue weighted by molar-refractivity contribution is -0.546. The maximum atomic E-state index is 5.44. The van der Waals surface area contributed by atoms with E-state index in [4.69, 9.17) is 4.74 Å². The number of hydrogen-bond acceptors (Lipinski definition) is 2. The molecule has 0 bridgehead atoms. The lowest BCUT2D eigenvalue weighted by Gasteiger charge is -2.14. The van der Waals surface area contributed by atoms with Crippen molar-refractivity contribution >= 4 is 16.8 Å².